The number of aromatic nitrogens is 2. The van der Waals surface area contributed by atoms with Crippen molar-refractivity contribution in [1.82, 2.24) is 9.38 Å². The minimum absolute atomic E-state index is 0.0418. The van der Waals surface area contributed by atoms with Gasteiger partial charge in [0.05, 0.1) is 0 Å². The number of halogens is 1. The molecule has 0 radical (unpaired) electrons. The molecule has 0 atom stereocenters. The summed E-state index contributed by atoms with van der Waals surface area (Å²) in [5.74, 6) is -0.648. The largest absolute Gasteiger partial charge is 0.308 e. The summed E-state index contributed by atoms with van der Waals surface area (Å²) >= 11 is 0. The molecule has 1 aliphatic heterocycles. The summed E-state index contributed by atoms with van der Waals surface area (Å²) in [5.41, 5.74) is 4.52. The number of pyridine rings is 1. The molecule has 0 N–H and O–H groups in total. The fourth-order valence-corrected chi connectivity index (χ4v) is 4.00. The molecule has 148 valence electrons. The first kappa shape index (κ1) is 18.2. The monoisotopic (exact) mass is 399 g/mol. The lowest BCUT2D eigenvalue weighted by Crippen LogP contribution is -2.35. The highest BCUT2D eigenvalue weighted by Crippen LogP contribution is 2.33. The molecule has 0 aliphatic carbocycles. The number of amides is 1. The smallest absolute Gasteiger partial charge is 0.270 e. The Kier molecular flexibility index (Phi) is 4.20. The lowest BCUT2D eigenvalue weighted by molar-refractivity contribution is 0.0987. The van der Waals surface area contributed by atoms with Gasteiger partial charge in [-0.15, -0.1) is 0 Å². The zero-order valence-electron chi connectivity index (χ0n) is 16.3. The van der Waals surface area contributed by atoms with Gasteiger partial charge < -0.3 is 4.90 Å². The third kappa shape index (κ3) is 2.88. The van der Waals surface area contributed by atoms with Crippen LogP contribution in [0, 0.1) is 12.7 Å². The van der Waals surface area contributed by atoms with Crippen LogP contribution in [0.15, 0.2) is 71.8 Å². The van der Waals surface area contributed by atoms with Crippen molar-refractivity contribution in [2.24, 2.45) is 0 Å². The normalized spacial score (nSPS) is 12.9. The molecular formula is C24H18FN3O2. The number of fused-ring (bicyclic) bond motifs is 2. The lowest BCUT2D eigenvalue weighted by atomic mass is 10.0. The summed E-state index contributed by atoms with van der Waals surface area (Å²) < 4.78 is 15.0. The molecule has 5 nitrogen and oxygen atoms in total. The highest BCUT2D eigenvalue weighted by molar-refractivity contribution is 6.07. The number of hydrogen-bond donors (Lipinski definition) is 0. The van der Waals surface area contributed by atoms with Crippen molar-refractivity contribution in [3.05, 3.63) is 99.9 Å². The van der Waals surface area contributed by atoms with E-state index in [4.69, 9.17) is 0 Å². The van der Waals surface area contributed by atoms with Crippen LogP contribution in [0.2, 0.25) is 0 Å². The van der Waals surface area contributed by atoms with E-state index >= 15 is 0 Å². The first-order chi connectivity index (χ1) is 14.5. The molecule has 30 heavy (non-hydrogen) atoms. The standard InChI is InChI=1S/C24H18FN3O2/c1-15-4-3-10-28-22(15)26-14-20(24(28)30)23(29)27-11-9-18-12-17(7-8-21(18)27)16-5-2-6-19(25)13-16/h2-8,10,12-14H,9,11H2,1H3. The van der Waals surface area contributed by atoms with Gasteiger partial charge in [0.25, 0.3) is 11.5 Å². The lowest BCUT2D eigenvalue weighted by Gasteiger charge is -2.17. The van der Waals surface area contributed by atoms with Gasteiger partial charge in [0, 0.05) is 24.6 Å². The number of hydrogen-bond acceptors (Lipinski definition) is 3. The van der Waals surface area contributed by atoms with E-state index in [2.05, 4.69) is 4.98 Å². The number of carbonyl (C=O) groups excluding carboxylic acids is 1. The highest BCUT2D eigenvalue weighted by Gasteiger charge is 2.28. The summed E-state index contributed by atoms with van der Waals surface area (Å²) in [6.45, 7) is 2.35. The molecule has 0 spiro atoms. The van der Waals surface area contributed by atoms with Gasteiger partial charge in [-0.25, -0.2) is 9.37 Å². The predicted octanol–water partition coefficient (Wildman–Crippen LogP) is 4.01. The molecular weight excluding hydrogens is 381 g/mol. The molecule has 0 saturated heterocycles. The fraction of sp³-hybridized carbons (Fsp3) is 0.125. The summed E-state index contributed by atoms with van der Waals surface area (Å²) in [4.78, 5) is 32.0. The third-order valence-corrected chi connectivity index (χ3v) is 5.54. The number of nitrogens with zero attached hydrogens (tertiary/aromatic N) is 3. The van der Waals surface area contributed by atoms with Crippen molar-refractivity contribution in [3.8, 4) is 11.1 Å². The van der Waals surface area contributed by atoms with Gasteiger partial charge in [0.15, 0.2) is 0 Å². The van der Waals surface area contributed by atoms with E-state index in [0.717, 1.165) is 27.9 Å². The average molecular weight is 399 g/mol. The Hall–Kier alpha value is -3.80. The van der Waals surface area contributed by atoms with Crippen molar-refractivity contribution in [1.29, 1.82) is 0 Å². The van der Waals surface area contributed by atoms with E-state index < -0.39 is 0 Å². The first-order valence-corrected chi connectivity index (χ1v) is 9.70. The molecule has 0 fully saturated rings. The zero-order valence-corrected chi connectivity index (χ0v) is 16.3. The van der Waals surface area contributed by atoms with Crippen molar-refractivity contribution in [2.45, 2.75) is 13.3 Å². The number of benzene rings is 2. The van der Waals surface area contributed by atoms with Crippen LogP contribution < -0.4 is 10.5 Å². The van der Waals surface area contributed by atoms with Gasteiger partial charge in [-0.2, -0.15) is 0 Å². The molecule has 2 aromatic carbocycles. The second-order valence-corrected chi connectivity index (χ2v) is 7.42. The van der Waals surface area contributed by atoms with Crippen molar-refractivity contribution in [3.63, 3.8) is 0 Å². The van der Waals surface area contributed by atoms with Crippen LogP contribution in [0.3, 0.4) is 0 Å². The fourth-order valence-electron chi connectivity index (χ4n) is 4.00. The van der Waals surface area contributed by atoms with Crippen LogP contribution >= 0.6 is 0 Å². The maximum atomic E-state index is 13.6. The minimum atomic E-state index is -0.376. The number of aryl methyl sites for hydroxylation is 1. The van der Waals surface area contributed by atoms with Gasteiger partial charge >= 0.3 is 0 Å². The summed E-state index contributed by atoms with van der Waals surface area (Å²) in [7, 11) is 0. The van der Waals surface area contributed by atoms with E-state index in [1.54, 1.807) is 23.2 Å². The summed E-state index contributed by atoms with van der Waals surface area (Å²) in [6, 6.07) is 15.8. The summed E-state index contributed by atoms with van der Waals surface area (Å²) in [5, 5.41) is 0. The molecule has 6 heteroatoms. The van der Waals surface area contributed by atoms with Crippen molar-refractivity contribution >= 4 is 17.2 Å². The first-order valence-electron chi connectivity index (χ1n) is 9.70. The maximum Gasteiger partial charge on any atom is 0.270 e. The Balaban J connectivity index is 1.52. The molecule has 3 heterocycles. The zero-order chi connectivity index (χ0) is 20.8. The highest BCUT2D eigenvalue weighted by atomic mass is 19.1. The minimum Gasteiger partial charge on any atom is -0.308 e. The molecule has 1 aliphatic rings. The van der Waals surface area contributed by atoms with E-state index in [-0.39, 0.29) is 22.8 Å². The van der Waals surface area contributed by atoms with Crippen LogP contribution in [0.25, 0.3) is 16.8 Å². The Morgan fingerprint density at radius 1 is 1.07 bits per heavy atom. The SMILES string of the molecule is Cc1cccn2c(=O)c(C(=O)N3CCc4cc(-c5cccc(F)c5)ccc43)cnc12. The molecule has 5 rings (SSSR count). The number of rotatable bonds is 2. The quantitative estimate of drug-likeness (QED) is 0.512. The van der Waals surface area contributed by atoms with E-state index in [9.17, 15) is 14.0 Å². The topological polar surface area (TPSA) is 54.7 Å². The third-order valence-electron chi connectivity index (χ3n) is 5.54. The summed E-state index contributed by atoms with van der Waals surface area (Å²) in [6.07, 6.45) is 3.66. The Bertz CT molecular complexity index is 1380. The molecule has 1 amide bonds. The van der Waals surface area contributed by atoms with Crippen molar-refractivity contribution < 1.29 is 9.18 Å². The van der Waals surface area contributed by atoms with Crippen LogP contribution in [0.4, 0.5) is 10.1 Å². The Labute approximate surface area is 172 Å². The second-order valence-electron chi connectivity index (χ2n) is 7.42. The van der Waals surface area contributed by atoms with Gasteiger partial charge in [-0.3, -0.25) is 14.0 Å². The molecule has 0 saturated carbocycles. The molecule has 0 unspecified atom stereocenters. The van der Waals surface area contributed by atoms with Gasteiger partial charge in [0.1, 0.15) is 17.0 Å². The van der Waals surface area contributed by atoms with E-state index in [0.29, 0.717) is 18.6 Å². The second kappa shape index (κ2) is 6.91. The van der Waals surface area contributed by atoms with E-state index in [1.807, 2.05) is 37.3 Å². The maximum absolute atomic E-state index is 13.6. The van der Waals surface area contributed by atoms with Crippen LogP contribution in [0.5, 0.6) is 0 Å². The number of carbonyl (C=O) groups is 1. The Morgan fingerprint density at radius 3 is 2.73 bits per heavy atom. The van der Waals surface area contributed by atoms with Crippen molar-refractivity contribution in [2.75, 3.05) is 11.4 Å². The average Bonchev–Trinajstić information content (AvgIpc) is 3.17. The van der Waals surface area contributed by atoms with Crippen LogP contribution in [-0.2, 0) is 6.42 Å². The predicted molar refractivity (Wildman–Crippen MR) is 113 cm³/mol. The van der Waals surface area contributed by atoms with Gasteiger partial charge in [-0.05, 0) is 65.9 Å². The van der Waals surface area contributed by atoms with Gasteiger partial charge in [-0.1, -0.05) is 24.3 Å². The van der Waals surface area contributed by atoms with Crippen LogP contribution in [-0.4, -0.2) is 21.8 Å². The molecule has 0 bridgehead atoms. The molecule has 2 aromatic heterocycles. The molecule has 4 aromatic rings. The number of anilines is 1. The van der Waals surface area contributed by atoms with Gasteiger partial charge in [0.2, 0.25) is 0 Å². The van der Waals surface area contributed by atoms with Crippen LogP contribution in [0.1, 0.15) is 21.5 Å². The Morgan fingerprint density at radius 2 is 1.90 bits per heavy atom. The van der Waals surface area contributed by atoms with E-state index in [1.165, 1.54) is 22.7 Å².